The zero-order valence-electron chi connectivity index (χ0n) is 24.1. The Bertz CT molecular complexity index is 1620. The molecule has 4 aromatic rings. The number of ketones is 1. The summed E-state index contributed by atoms with van der Waals surface area (Å²) in [7, 11) is 4.86. The summed E-state index contributed by atoms with van der Waals surface area (Å²) in [5, 5.41) is 15.0. The van der Waals surface area contributed by atoms with E-state index in [0.717, 1.165) is 37.1 Å². The first kappa shape index (κ1) is 28.2. The molecular weight excluding hydrogens is 520 g/mol. The van der Waals surface area contributed by atoms with Gasteiger partial charge in [0.1, 0.15) is 33.9 Å². The summed E-state index contributed by atoms with van der Waals surface area (Å²) < 4.78 is 16.2. The van der Waals surface area contributed by atoms with Crippen LogP contribution in [0.15, 0.2) is 47.5 Å². The molecule has 1 aliphatic rings. The van der Waals surface area contributed by atoms with E-state index >= 15 is 0 Å². The molecule has 0 atom stereocenters. The van der Waals surface area contributed by atoms with Crippen LogP contribution in [0.4, 0.5) is 0 Å². The number of Topliss-reactive ketones (excluding diaryl/α,β-unsaturated/α-hetero) is 1. The SMILES string of the molecule is COc1ccc(CCNCCCc2c3c(c4nc(-c5ccccc5OC)[nH]c4c2O)C=NC(C)(C)C3=O)cc1OC. The number of aromatic amines is 1. The number of benzene rings is 3. The van der Waals surface area contributed by atoms with Crippen molar-refractivity contribution in [2.45, 2.75) is 38.6 Å². The number of ether oxygens (including phenoxy) is 3. The van der Waals surface area contributed by atoms with Crippen LogP contribution in [0.5, 0.6) is 23.0 Å². The molecule has 0 aliphatic carbocycles. The summed E-state index contributed by atoms with van der Waals surface area (Å²) in [5.41, 5.74) is 3.75. The number of aromatic hydroxyl groups is 1. The van der Waals surface area contributed by atoms with Crippen LogP contribution in [0, 0.1) is 0 Å². The number of hydrogen-bond acceptors (Lipinski definition) is 8. The molecule has 9 nitrogen and oxygen atoms in total. The van der Waals surface area contributed by atoms with Crippen LogP contribution in [0.2, 0.25) is 0 Å². The van der Waals surface area contributed by atoms with Gasteiger partial charge in [-0.2, -0.15) is 0 Å². The number of fused-ring (bicyclic) bond motifs is 3. The number of para-hydroxylation sites is 1. The number of nitrogens with zero attached hydrogens (tertiary/aromatic N) is 2. The summed E-state index contributed by atoms with van der Waals surface area (Å²) >= 11 is 0. The Balaban J connectivity index is 1.37. The second-order valence-electron chi connectivity index (χ2n) is 10.6. The third-order valence-electron chi connectivity index (χ3n) is 7.53. The number of hydrogen-bond donors (Lipinski definition) is 3. The fraction of sp³-hybridized carbons (Fsp3) is 0.344. The van der Waals surface area contributed by atoms with Gasteiger partial charge < -0.3 is 29.6 Å². The topological polar surface area (TPSA) is 118 Å². The molecule has 0 unspecified atom stereocenters. The van der Waals surface area contributed by atoms with Crippen molar-refractivity contribution in [3.8, 4) is 34.4 Å². The Morgan fingerprint density at radius 1 is 0.951 bits per heavy atom. The third kappa shape index (κ3) is 5.37. The molecule has 0 amide bonds. The number of aromatic nitrogens is 2. The lowest BCUT2D eigenvalue weighted by Crippen LogP contribution is -2.34. The lowest BCUT2D eigenvalue weighted by atomic mass is 9.83. The molecule has 9 heteroatoms. The van der Waals surface area contributed by atoms with E-state index < -0.39 is 5.54 Å². The van der Waals surface area contributed by atoms with Crippen molar-refractivity contribution in [1.29, 1.82) is 0 Å². The van der Waals surface area contributed by atoms with Crippen LogP contribution in [0.3, 0.4) is 0 Å². The van der Waals surface area contributed by atoms with E-state index in [-0.39, 0.29) is 11.5 Å². The fourth-order valence-electron chi connectivity index (χ4n) is 5.26. The number of rotatable bonds is 11. The number of nitrogens with one attached hydrogen (secondary N) is 2. The van der Waals surface area contributed by atoms with Crippen molar-refractivity contribution in [1.82, 2.24) is 15.3 Å². The van der Waals surface area contributed by atoms with E-state index in [1.807, 2.05) is 42.5 Å². The molecular formula is C32H36N4O5. The fourth-order valence-corrected chi connectivity index (χ4v) is 5.26. The highest BCUT2D eigenvalue weighted by Crippen LogP contribution is 2.40. The smallest absolute Gasteiger partial charge is 0.190 e. The van der Waals surface area contributed by atoms with Crippen LogP contribution in [-0.4, -0.2) is 67.0 Å². The molecule has 0 saturated heterocycles. The van der Waals surface area contributed by atoms with Gasteiger partial charge in [0.25, 0.3) is 0 Å². The number of imidazole rings is 1. The summed E-state index contributed by atoms with van der Waals surface area (Å²) in [6.45, 7) is 5.08. The number of phenols is 1. The average molecular weight is 557 g/mol. The molecule has 0 fully saturated rings. The molecule has 1 aliphatic heterocycles. The zero-order chi connectivity index (χ0) is 29.1. The number of aliphatic imine (C=N–C) groups is 1. The second-order valence-corrected chi connectivity index (χ2v) is 10.6. The first-order valence-electron chi connectivity index (χ1n) is 13.7. The monoisotopic (exact) mass is 556 g/mol. The van der Waals surface area contributed by atoms with Crippen molar-refractivity contribution in [2.24, 2.45) is 4.99 Å². The molecule has 5 rings (SSSR count). The molecule has 2 heterocycles. The molecule has 0 spiro atoms. The van der Waals surface area contributed by atoms with E-state index in [9.17, 15) is 9.90 Å². The Labute approximate surface area is 239 Å². The minimum Gasteiger partial charge on any atom is -0.505 e. The highest BCUT2D eigenvalue weighted by Gasteiger charge is 2.37. The lowest BCUT2D eigenvalue weighted by Gasteiger charge is -2.26. The van der Waals surface area contributed by atoms with Crippen LogP contribution in [-0.2, 0) is 12.8 Å². The van der Waals surface area contributed by atoms with E-state index in [4.69, 9.17) is 19.2 Å². The largest absolute Gasteiger partial charge is 0.505 e. The van der Waals surface area contributed by atoms with Gasteiger partial charge in [-0.3, -0.25) is 9.79 Å². The molecule has 0 saturated carbocycles. The predicted molar refractivity (Wildman–Crippen MR) is 160 cm³/mol. The van der Waals surface area contributed by atoms with Gasteiger partial charge in [-0.1, -0.05) is 18.2 Å². The van der Waals surface area contributed by atoms with Crippen molar-refractivity contribution in [3.05, 3.63) is 64.7 Å². The maximum atomic E-state index is 13.6. The first-order valence-corrected chi connectivity index (χ1v) is 13.7. The lowest BCUT2D eigenvalue weighted by molar-refractivity contribution is 0.0911. The van der Waals surface area contributed by atoms with E-state index in [1.165, 1.54) is 0 Å². The predicted octanol–water partition coefficient (Wildman–Crippen LogP) is 5.12. The highest BCUT2D eigenvalue weighted by molar-refractivity contribution is 6.18. The highest BCUT2D eigenvalue weighted by atomic mass is 16.5. The molecule has 0 radical (unpaired) electrons. The Morgan fingerprint density at radius 3 is 2.46 bits per heavy atom. The van der Waals surface area contributed by atoms with Gasteiger partial charge in [-0.25, -0.2) is 4.98 Å². The van der Waals surface area contributed by atoms with Crippen LogP contribution in [0.25, 0.3) is 22.4 Å². The quantitative estimate of drug-likeness (QED) is 0.220. The van der Waals surface area contributed by atoms with Crippen LogP contribution >= 0.6 is 0 Å². The number of H-pyrrole nitrogens is 1. The Kier molecular flexibility index (Phi) is 7.99. The molecule has 214 valence electrons. The Morgan fingerprint density at radius 2 is 1.71 bits per heavy atom. The van der Waals surface area contributed by atoms with Crippen molar-refractivity contribution >= 4 is 23.0 Å². The summed E-state index contributed by atoms with van der Waals surface area (Å²) in [6, 6.07) is 13.5. The average Bonchev–Trinajstić information content (AvgIpc) is 3.43. The third-order valence-corrected chi connectivity index (χ3v) is 7.53. The normalized spacial score (nSPS) is 13.8. The summed E-state index contributed by atoms with van der Waals surface area (Å²) in [6.07, 6.45) is 3.80. The number of phenolic OH excluding ortho intramolecular Hbond substituents is 1. The Hall–Kier alpha value is -4.37. The minimum absolute atomic E-state index is 0.0529. The standard InChI is InChI=1S/C32H36N4O5/c1-32(2)30(38)26-21(10-8-15-33-16-14-19-12-13-24(40-4)25(17-19)41-5)29(37)28-27(22(26)18-34-32)35-31(36-28)20-9-6-7-11-23(20)39-3/h6-7,9,11-13,17-18,33,37H,8,10,14-16H2,1-5H3,(H,35,36). The molecule has 3 N–H and O–H groups in total. The molecule has 3 aromatic carbocycles. The zero-order valence-corrected chi connectivity index (χ0v) is 24.1. The van der Waals surface area contributed by atoms with Gasteiger partial charge in [0.15, 0.2) is 17.3 Å². The van der Waals surface area contributed by atoms with Crippen molar-refractivity contribution in [3.63, 3.8) is 0 Å². The second kappa shape index (κ2) is 11.6. The summed E-state index contributed by atoms with van der Waals surface area (Å²) in [4.78, 5) is 26.2. The number of carbonyl (C=O) groups is 1. The van der Waals surface area contributed by atoms with E-state index in [2.05, 4.69) is 15.3 Å². The first-order chi connectivity index (χ1) is 19.8. The van der Waals surface area contributed by atoms with Crippen LogP contribution in [0.1, 0.15) is 47.3 Å². The van der Waals surface area contributed by atoms with E-state index in [0.29, 0.717) is 57.2 Å². The maximum Gasteiger partial charge on any atom is 0.190 e. The molecule has 41 heavy (non-hydrogen) atoms. The van der Waals surface area contributed by atoms with Crippen molar-refractivity contribution in [2.75, 3.05) is 34.4 Å². The van der Waals surface area contributed by atoms with Gasteiger partial charge in [-0.15, -0.1) is 0 Å². The molecule has 1 aromatic heterocycles. The van der Waals surface area contributed by atoms with E-state index in [1.54, 1.807) is 41.4 Å². The number of methoxy groups -OCH3 is 3. The van der Waals surface area contributed by atoms with Gasteiger partial charge in [0.05, 0.1) is 26.9 Å². The molecule has 0 bridgehead atoms. The van der Waals surface area contributed by atoms with Crippen LogP contribution < -0.4 is 19.5 Å². The maximum absolute atomic E-state index is 13.6. The van der Waals surface area contributed by atoms with Crippen molar-refractivity contribution < 1.29 is 24.1 Å². The van der Waals surface area contributed by atoms with Gasteiger partial charge in [-0.05, 0) is 76.0 Å². The number of carbonyl (C=O) groups excluding carboxylic acids is 1. The van der Waals surface area contributed by atoms with Gasteiger partial charge >= 0.3 is 0 Å². The van der Waals surface area contributed by atoms with Gasteiger partial charge in [0, 0.05) is 22.9 Å². The summed E-state index contributed by atoms with van der Waals surface area (Å²) in [5.74, 6) is 2.56. The minimum atomic E-state index is -0.915. The van der Waals surface area contributed by atoms with Gasteiger partial charge in [0.2, 0.25) is 0 Å².